The standard InChI is InChI=1S/C22H30O/c1-5-21(15-19-13-9-7-11-17(19)3)23-22(6-2)16-20-14-10-8-12-18(20)4/h7-14,21-22H,5-6,15-16H2,1-4H3. The zero-order chi connectivity index (χ0) is 16.7. The number of aryl methyl sites for hydroxylation is 2. The van der Waals surface area contributed by atoms with E-state index < -0.39 is 0 Å². The number of hydrogen-bond acceptors (Lipinski definition) is 1. The molecule has 124 valence electrons. The van der Waals surface area contributed by atoms with Gasteiger partial charge in [-0.1, -0.05) is 62.4 Å². The Bertz CT molecular complexity index is 549. The van der Waals surface area contributed by atoms with Crippen LogP contribution in [0.3, 0.4) is 0 Å². The van der Waals surface area contributed by atoms with Gasteiger partial charge in [0.2, 0.25) is 0 Å². The molecule has 0 saturated heterocycles. The summed E-state index contributed by atoms with van der Waals surface area (Å²) in [7, 11) is 0. The quantitative estimate of drug-likeness (QED) is 0.611. The Morgan fingerprint density at radius 3 is 1.43 bits per heavy atom. The Morgan fingerprint density at radius 1 is 0.696 bits per heavy atom. The first kappa shape index (κ1) is 17.7. The molecule has 0 aliphatic carbocycles. The predicted molar refractivity (Wildman–Crippen MR) is 99.0 cm³/mol. The van der Waals surface area contributed by atoms with E-state index in [4.69, 9.17) is 4.74 Å². The van der Waals surface area contributed by atoms with E-state index in [9.17, 15) is 0 Å². The summed E-state index contributed by atoms with van der Waals surface area (Å²) in [4.78, 5) is 0. The van der Waals surface area contributed by atoms with Crippen molar-refractivity contribution in [3.05, 3.63) is 70.8 Å². The van der Waals surface area contributed by atoms with Gasteiger partial charge in [-0.05, 0) is 61.8 Å². The van der Waals surface area contributed by atoms with Crippen molar-refractivity contribution in [1.82, 2.24) is 0 Å². The third-order valence-electron chi connectivity index (χ3n) is 4.71. The summed E-state index contributed by atoms with van der Waals surface area (Å²) >= 11 is 0. The van der Waals surface area contributed by atoms with Gasteiger partial charge in [-0.25, -0.2) is 0 Å². The summed E-state index contributed by atoms with van der Waals surface area (Å²) in [6.45, 7) is 8.83. The van der Waals surface area contributed by atoms with Crippen molar-refractivity contribution in [2.45, 2.75) is 65.6 Å². The zero-order valence-electron chi connectivity index (χ0n) is 15.0. The maximum absolute atomic E-state index is 6.47. The lowest BCUT2D eigenvalue weighted by Gasteiger charge is -2.25. The second-order valence-electron chi connectivity index (χ2n) is 6.46. The molecule has 2 rings (SSSR count). The maximum atomic E-state index is 6.47. The minimum Gasteiger partial charge on any atom is -0.374 e. The molecule has 0 spiro atoms. The van der Waals surface area contributed by atoms with Gasteiger partial charge >= 0.3 is 0 Å². The van der Waals surface area contributed by atoms with Gasteiger partial charge in [0.25, 0.3) is 0 Å². The van der Waals surface area contributed by atoms with Crippen molar-refractivity contribution in [3.63, 3.8) is 0 Å². The van der Waals surface area contributed by atoms with Crippen LogP contribution in [0.15, 0.2) is 48.5 Å². The van der Waals surface area contributed by atoms with Crippen LogP contribution < -0.4 is 0 Å². The Morgan fingerprint density at radius 2 is 1.09 bits per heavy atom. The van der Waals surface area contributed by atoms with Crippen molar-refractivity contribution in [3.8, 4) is 0 Å². The minimum absolute atomic E-state index is 0.296. The lowest BCUT2D eigenvalue weighted by molar-refractivity contribution is -0.0148. The first-order valence-corrected chi connectivity index (χ1v) is 8.88. The summed E-state index contributed by atoms with van der Waals surface area (Å²) < 4.78 is 6.47. The van der Waals surface area contributed by atoms with Gasteiger partial charge in [0.15, 0.2) is 0 Å². The molecular formula is C22H30O. The Balaban J connectivity index is 2.01. The molecule has 1 heteroatoms. The smallest absolute Gasteiger partial charge is 0.0616 e. The fraction of sp³-hybridized carbons (Fsp3) is 0.455. The molecule has 0 amide bonds. The third-order valence-corrected chi connectivity index (χ3v) is 4.71. The predicted octanol–water partition coefficient (Wildman–Crippen LogP) is 5.66. The molecule has 0 saturated carbocycles. The van der Waals surface area contributed by atoms with E-state index in [1.165, 1.54) is 22.3 Å². The van der Waals surface area contributed by atoms with Crippen LogP contribution in [-0.2, 0) is 17.6 Å². The van der Waals surface area contributed by atoms with Crippen LogP contribution in [0.25, 0.3) is 0 Å². The molecule has 2 aromatic carbocycles. The topological polar surface area (TPSA) is 9.23 Å². The highest BCUT2D eigenvalue weighted by Crippen LogP contribution is 2.19. The van der Waals surface area contributed by atoms with Gasteiger partial charge in [0.05, 0.1) is 12.2 Å². The molecule has 0 aliphatic rings. The van der Waals surface area contributed by atoms with Gasteiger partial charge in [-0.3, -0.25) is 0 Å². The van der Waals surface area contributed by atoms with Crippen molar-refractivity contribution < 1.29 is 4.74 Å². The highest BCUT2D eigenvalue weighted by molar-refractivity contribution is 5.27. The Kier molecular flexibility index (Phi) is 6.85. The van der Waals surface area contributed by atoms with Crippen molar-refractivity contribution in [1.29, 1.82) is 0 Å². The van der Waals surface area contributed by atoms with Crippen LogP contribution in [-0.4, -0.2) is 12.2 Å². The second-order valence-corrected chi connectivity index (χ2v) is 6.46. The minimum atomic E-state index is 0.296. The molecule has 0 aliphatic heterocycles. The van der Waals surface area contributed by atoms with E-state index in [2.05, 4.69) is 76.2 Å². The highest BCUT2D eigenvalue weighted by atomic mass is 16.5. The van der Waals surface area contributed by atoms with E-state index in [0.29, 0.717) is 12.2 Å². The first-order chi connectivity index (χ1) is 11.1. The molecule has 2 aromatic rings. The lowest BCUT2D eigenvalue weighted by Crippen LogP contribution is -2.25. The molecule has 0 N–H and O–H groups in total. The molecule has 2 unspecified atom stereocenters. The summed E-state index contributed by atoms with van der Waals surface area (Å²) in [6, 6.07) is 17.3. The van der Waals surface area contributed by atoms with Gasteiger partial charge < -0.3 is 4.74 Å². The van der Waals surface area contributed by atoms with E-state index in [1.54, 1.807) is 0 Å². The number of ether oxygens (including phenoxy) is 1. The largest absolute Gasteiger partial charge is 0.374 e. The van der Waals surface area contributed by atoms with Crippen molar-refractivity contribution >= 4 is 0 Å². The van der Waals surface area contributed by atoms with Gasteiger partial charge in [0, 0.05) is 0 Å². The molecule has 0 aromatic heterocycles. The SMILES string of the molecule is CCC(Cc1ccccc1C)OC(CC)Cc1ccccc1C. The van der Waals surface area contributed by atoms with Crippen molar-refractivity contribution in [2.24, 2.45) is 0 Å². The number of hydrogen-bond donors (Lipinski definition) is 0. The summed E-state index contributed by atoms with van der Waals surface area (Å²) in [5, 5.41) is 0. The lowest BCUT2D eigenvalue weighted by atomic mass is 9.99. The summed E-state index contributed by atoms with van der Waals surface area (Å²) in [6.07, 6.45) is 4.72. The van der Waals surface area contributed by atoms with Crippen LogP contribution in [0.4, 0.5) is 0 Å². The third kappa shape index (κ3) is 5.21. The van der Waals surface area contributed by atoms with Gasteiger partial charge in [0.1, 0.15) is 0 Å². The van der Waals surface area contributed by atoms with Crippen LogP contribution in [0, 0.1) is 13.8 Å². The maximum Gasteiger partial charge on any atom is 0.0616 e. The normalized spacial score (nSPS) is 13.7. The van der Waals surface area contributed by atoms with Gasteiger partial charge in [-0.2, -0.15) is 0 Å². The Hall–Kier alpha value is -1.60. The van der Waals surface area contributed by atoms with E-state index in [0.717, 1.165) is 25.7 Å². The molecule has 0 radical (unpaired) electrons. The van der Waals surface area contributed by atoms with Crippen LogP contribution in [0.2, 0.25) is 0 Å². The van der Waals surface area contributed by atoms with E-state index in [-0.39, 0.29) is 0 Å². The molecule has 2 atom stereocenters. The second kappa shape index (κ2) is 8.88. The van der Waals surface area contributed by atoms with Crippen molar-refractivity contribution in [2.75, 3.05) is 0 Å². The number of rotatable bonds is 8. The molecule has 0 fully saturated rings. The monoisotopic (exact) mass is 310 g/mol. The van der Waals surface area contributed by atoms with Crippen LogP contribution in [0.1, 0.15) is 48.9 Å². The molecule has 0 bridgehead atoms. The Labute approximate surface area is 141 Å². The van der Waals surface area contributed by atoms with Crippen LogP contribution >= 0.6 is 0 Å². The molecule has 23 heavy (non-hydrogen) atoms. The summed E-state index contributed by atoms with van der Waals surface area (Å²) in [5.74, 6) is 0. The highest BCUT2D eigenvalue weighted by Gasteiger charge is 2.16. The fourth-order valence-corrected chi connectivity index (χ4v) is 3.02. The van der Waals surface area contributed by atoms with Gasteiger partial charge in [-0.15, -0.1) is 0 Å². The molecular weight excluding hydrogens is 280 g/mol. The first-order valence-electron chi connectivity index (χ1n) is 8.88. The molecule has 0 heterocycles. The fourth-order valence-electron chi connectivity index (χ4n) is 3.02. The van der Waals surface area contributed by atoms with E-state index in [1.807, 2.05) is 0 Å². The summed E-state index contributed by atoms with van der Waals surface area (Å²) in [5.41, 5.74) is 5.54. The zero-order valence-corrected chi connectivity index (χ0v) is 15.0. The number of benzene rings is 2. The van der Waals surface area contributed by atoms with E-state index >= 15 is 0 Å². The average Bonchev–Trinajstić information content (AvgIpc) is 2.57. The van der Waals surface area contributed by atoms with Crippen LogP contribution in [0.5, 0.6) is 0 Å². The molecule has 1 nitrogen and oxygen atoms in total. The average molecular weight is 310 g/mol.